The summed E-state index contributed by atoms with van der Waals surface area (Å²) in [5.74, 6) is -2.79. The van der Waals surface area contributed by atoms with Crippen molar-refractivity contribution in [1.29, 1.82) is 0 Å². The molecule has 1 atom stereocenters. The molecule has 1 aliphatic heterocycles. The molecule has 0 bridgehead atoms. The number of anilines is 1. The third-order valence-electron chi connectivity index (χ3n) is 3.71. The smallest absolute Gasteiger partial charge is 0.234 e. The summed E-state index contributed by atoms with van der Waals surface area (Å²) in [5, 5.41) is 0. The fourth-order valence-electron chi connectivity index (χ4n) is 2.67. The lowest BCUT2D eigenvalue weighted by molar-refractivity contribution is -0.118. The van der Waals surface area contributed by atoms with Crippen LogP contribution in [0.4, 0.5) is 18.9 Å². The zero-order chi connectivity index (χ0) is 15.9. The van der Waals surface area contributed by atoms with E-state index < -0.39 is 23.4 Å². The molecule has 2 aromatic rings. The maximum absolute atomic E-state index is 13.6. The first-order valence-electron chi connectivity index (χ1n) is 6.68. The van der Waals surface area contributed by atoms with E-state index in [-0.39, 0.29) is 5.91 Å². The van der Waals surface area contributed by atoms with Gasteiger partial charge < -0.3 is 4.90 Å². The standard InChI is InChI=1S/C16H11BrF3NO/c17-14-2-1-12(8-15(14)20)21-4-3-13(16(21)22)9-5-10(18)7-11(19)6-9/h1-2,5-8,13H,3-4H2. The topological polar surface area (TPSA) is 20.3 Å². The SMILES string of the molecule is O=C1C(c2cc(F)cc(F)c2)CCN1c1ccc(Br)c(F)c1. The number of rotatable bonds is 2. The van der Waals surface area contributed by atoms with Gasteiger partial charge in [-0.1, -0.05) is 0 Å². The molecular formula is C16H11BrF3NO. The minimum Gasteiger partial charge on any atom is -0.312 e. The van der Waals surface area contributed by atoms with Crippen LogP contribution < -0.4 is 4.90 Å². The summed E-state index contributed by atoms with van der Waals surface area (Å²) < 4.78 is 40.5. The van der Waals surface area contributed by atoms with E-state index >= 15 is 0 Å². The van der Waals surface area contributed by atoms with Gasteiger partial charge in [-0.25, -0.2) is 13.2 Å². The van der Waals surface area contributed by atoms with Crippen molar-refractivity contribution in [3.63, 3.8) is 0 Å². The van der Waals surface area contributed by atoms with Gasteiger partial charge in [0.15, 0.2) is 0 Å². The number of amides is 1. The van der Waals surface area contributed by atoms with Crippen molar-refractivity contribution < 1.29 is 18.0 Å². The fraction of sp³-hybridized carbons (Fsp3) is 0.188. The molecule has 0 aliphatic carbocycles. The second kappa shape index (κ2) is 5.76. The second-order valence-corrected chi connectivity index (χ2v) is 5.99. The van der Waals surface area contributed by atoms with Gasteiger partial charge in [0.2, 0.25) is 5.91 Å². The summed E-state index contributed by atoms with van der Waals surface area (Å²) in [7, 11) is 0. The molecule has 0 aromatic heterocycles. The highest BCUT2D eigenvalue weighted by atomic mass is 79.9. The van der Waals surface area contributed by atoms with Crippen LogP contribution in [0, 0.1) is 17.5 Å². The van der Waals surface area contributed by atoms with Crippen LogP contribution >= 0.6 is 15.9 Å². The minimum absolute atomic E-state index is 0.285. The van der Waals surface area contributed by atoms with Gasteiger partial charge in [-0.15, -0.1) is 0 Å². The van der Waals surface area contributed by atoms with Gasteiger partial charge in [-0.05, 0) is 58.2 Å². The molecule has 0 spiro atoms. The molecule has 0 N–H and O–H groups in total. The molecule has 1 aliphatic rings. The van der Waals surface area contributed by atoms with E-state index in [2.05, 4.69) is 15.9 Å². The molecule has 1 amide bonds. The maximum atomic E-state index is 13.6. The average molecular weight is 370 g/mol. The van der Waals surface area contributed by atoms with Crippen molar-refractivity contribution in [1.82, 2.24) is 0 Å². The lowest BCUT2D eigenvalue weighted by atomic mass is 9.97. The number of carbonyl (C=O) groups is 1. The van der Waals surface area contributed by atoms with Gasteiger partial charge in [-0.2, -0.15) is 0 Å². The zero-order valence-electron chi connectivity index (χ0n) is 11.3. The Kier molecular flexibility index (Phi) is 3.95. The molecule has 1 heterocycles. The van der Waals surface area contributed by atoms with Crippen molar-refractivity contribution in [2.75, 3.05) is 11.4 Å². The van der Waals surface area contributed by atoms with Crippen LogP contribution in [0.5, 0.6) is 0 Å². The number of nitrogens with zero attached hydrogens (tertiary/aromatic N) is 1. The van der Waals surface area contributed by atoms with Gasteiger partial charge in [0, 0.05) is 18.3 Å². The molecule has 1 saturated heterocycles. The third kappa shape index (κ3) is 2.75. The Morgan fingerprint density at radius 1 is 1.05 bits per heavy atom. The molecule has 6 heteroatoms. The van der Waals surface area contributed by atoms with E-state index in [4.69, 9.17) is 0 Å². The minimum atomic E-state index is -0.712. The van der Waals surface area contributed by atoms with Crippen LogP contribution in [0.15, 0.2) is 40.9 Å². The Balaban J connectivity index is 1.90. The highest BCUT2D eigenvalue weighted by Crippen LogP contribution is 2.33. The Bertz CT molecular complexity index is 730. The summed E-state index contributed by atoms with van der Waals surface area (Å²) in [6, 6.07) is 7.50. The Hall–Kier alpha value is -1.82. The lowest BCUT2D eigenvalue weighted by Crippen LogP contribution is -2.26. The maximum Gasteiger partial charge on any atom is 0.234 e. The molecule has 1 fully saturated rings. The predicted octanol–water partition coefficient (Wildman–Crippen LogP) is 4.39. The number of hydrogen-bond acceptors (Lipinski definition) is 1. The largest absolute Gasteiger partial charge is 0.312 e. The molecule has 2 nitrogen and oxygen atoms in total. The van der Waals surface area contributed by atoms with Crippen molar-refractivity contribution in [3.8, 4) is 0 Å². The monoisotopic (exact) mass is 369 g/mol. The van der Waals surface area contributed by atoms with E-state index in [9.17, 15) is 18.0 Å². The fourth-order valence-corrected chi connectivity index (χ4v) is 2.92. The molecule has 0 radical (unpaired) electrons. The molecule has 22 heavy (non-hydrogen) atoms. The van der Waals surface area contributed by atoms with Crippen LogP contribution in [-0.4, -0.2) is 12.5 Å². The summed E-state index contributed by atoms with van der Waals surface area (Å²) in [4.78, 5) is 13.9. The van der Waals surface area contributed by atoms with Crippen LogP contribution in [0.25, 0.3) is 0 Å². The molecule has 2 aromatic carbocycles. The van der Waals surface area contributed by atoms with Crippen molar-refractivity contribution in [3.05, 3.63) is 63.9 Å². The average Bonchev–Trinajstić information content (AvgIpc) is 2.83. The van der Waals surface area contributed by atoms with E-state index in [1.807, 2.05) is 0 Å². The van der Waals surface area contributed by atoms with Crippen LogP contribution in [0.3, 0.4) is 0 Å². The van der Waals surface area contributed by atoms with Crippen LogP contribution in [0.2, 0.25) is 0 Å². The number of benzene rings is 2. The summed E-state index contributed by atoms with van der Waals surface area (Å²) >= 11 is 3.06. The highest BCUT2D eigenvalue weighted by molar-refractivity contribution is 9.10. The van der Waals surface area contributed by atoms with Crippen LogP contribution in [0.1, 0.15) is 17.9 Å². The molecular weight excluding hydrogens is 359 g/mol. The van der Waals surface area contributed by atoms with E-state index in [1.165, 1.54) is 17.0 Å². The summed E-state index contributed by atoms with van der Waals surface area (Å²) in [6.45, 7) is 0.378. The molecule has 114 valence electrons. The number of halogens is 4. The molecule has 3 rings (SSSR count). The first-order chi connectivity index (χ1) is 10.5. The first kappa shape index (κ1) is 15.1. The van der Waals surface area contributed by atoms with Gasteiger partial charge in [0.25, 0.3) is 0 Å². The Labute approximate surface area is 133 Å². The quantitative estimate of drug-likeness (QED) is 0.768. The van der Waals surface area contributed by atoms with Crippen molar-refractivity contribution in [2.24, 2.45) is 0 Å². The first-order valence-corrected chi connectivity index (χ1v) is 7.47. The second-order valence-electron chi connectivity index (χ2n) is 5.13. The lowest BCUT2D eigenvalue weighted by Gasteiger charge is -2.17. The van der Waals surface area contributed by atoms with E-state index in [1.54, 1.807) is 6.07 Å². The molecule has 0 saturated carbocycles. The third-order valence-corrected chi connectivity index (χ3v) is 4.35. The number of hydrogen-bond donors (Lipinski definition) is 0. The highest BCUT2D eigenvalue weighted by Gasteiger charge is 2.34. The van der Waals surface area contributed by atoms with Crippen molar-refractivity contribution in [2.45, 2.75) is 12.3 Å². The van der Waals surface area contributed by atoms with Gasteiger partial charge >= 0.3 is 0 Å². The Morgan fingerprint density at radius 3 is 2.36 bits per heavy atom. The van der Waals surface area contributed by atoms with Gasteiger partial charge in [-0.3, -0.25) is 4.79 Å². The van der Waals surface area contributed by atoms with Crippen molar-refractivity contribution >= 4 is 27.5 Å². The van der Waals surface area contributed by atoms with Crippen LogP contribution in [-0.2, 0) is 4.79 Å². The normalized spacial score (nSPS) is 18.1. The molecule has 1 unspecified atom stereocenters. The predicted molar refractivity (Wildman–Crippen MR) is 80.2 cm³/mol. The van der Waals surface area contributed by atoms with E-state index in [0.717, 1.165) is 18.2 Å². The summed E-state index contributed by atoms with van der Waals surface area (Å²) in [5.41, 5.74) is 0.743. The summed E-state index contributed by atoms with van der Waals surface area (Å²) in [6.07, 6.45) is 0.430. The van der Waals surface area contributed by atoms with Gasteiger partial charge in [0.05, 0.1) is 10.4 Å². The Morgan fingerprint density at radius 2 is 1.73 bits per heavy atom. The van der Waals surface area contributed by atoms with E-state index in [0.29, 0.717) is 28.7 Å². The zero-order valence-corrected chi connectivity index (χ0v) is 12.9. The van der Waals surface area contributed by atoms with Gasteiger partial charge in [0.1, 0.15) is 17.5 Å². The number of carbonyl (C=O) groups excluding carboxylic acids is 1.